The predicted molar refractivity (Wildman–Crippen MR) is 112 cm³/mol. The van der Waals surface area contributed by atoms with Crippen LogP contribution in [0.1, 0.15) is 42.3 Å². The van der Waals surface area contributed by atoms with Gasteiger partial charge in [0.1, 0.15) is 0 Å². The molecule has 0 aliphatic carbocycles. The molecule has 0 spiro atoms. The molecule has 0 aliphatic rings. The van der Waals surface area contributed by atoms with Gasteiger partial charge < -0.3 is 0 Å². The van der Waals surface area contributed by atoms with Crippen molar-refractivity contribution in [2.45, 2.75) is 37.6 Å². The third-order valence-corrected chi connectivity index (χ3v) is 5.45. The van der Waals surface area contributed by atoms with Gasteiger partial charge in [0.2, 0.25) is 5.16 Å². The molecule has 0 fully saturated rings. The molecule has 4 nitrogen and oxygen atoms in total. The highest BCUT2D eigenvalue weighted by atomic mass is 79.9. The molecule has 0 aliphatic heterocycles. The van der Waals surface area contributed by atoms with Crippen LogP contribution in [0.3, 0.4) is 0 Å². The van der Waals surface area contributed by atoms with E-state index in [0.717, 1.165) is 26.8 Å². The first-order valence-corrected chi connectivity index (χ1v) is 10.2. The molecule has 0 N–H and O–H groups in total. The van der Waals surface area contributed by atoms with Crippen molar-refractivity contribution in [2.24, 2.45) is 5.10 Å². The lowest BCUT2D eigenvalue weighted by Crippen LogP contribution is -2.02. The number of benzene rings is 2. The van der Waals surface area contributed by atoms with Crippen molar-refractivity contribution < 1.29 is 0 Å². The average Bonchev–Trinajstić information content (AvgIpc) is 3.04. The van der Waals surface area contributed by atoms with Gasteiger partial charge in [0, 0.05) is 16.1 Å². The SMILES string of the molecule is Cc1ccccc1/C=N/n1c(SCc2ccc(Br)cc2)nnc1C(C)C. The molecule has 2 aromatic carbocycles. The summed E-state index contributed by atoms with van der Waals surface area (Å²) in [5.41, 5.74) is 3.53. The Kier molecular flexibility index (Phi) is 6.27. The van der Waals surface area contributed by atoms with Crippen molar-refractivity contribution >= 4 is 33.9 Å². The molecule has 26 heavy (non-hydrogen) atoms. The largest absolute Gasteiger partial charge is 0.212 e. The summed E-state index contributed by atoms with van der Waals surface area (Å²) in [6.45, 7) is 6.29. The minimum atomic E-state index is 0.249. The third kappa shape index (κ3) is 4.62. The molecule has 0 saturated carbocycles. The summed E-state index contributed by atoms with van der Waals surface area (Å²) in [6, 6.07) is 16.5. The Labute approximate surface area is 166 Å². The van der Waals surface area contributed by atoms with Gasteiger partial charge in [-0.2, -0.15) is 9.78 Å². The van der Waals surface area contributed by atoms with Crippen LogP contribution in [-0.4, -0.2) is 21.1 Å². The maximum atomic E-state index is 4.68. The first kappa shape index (κ1) is 18.9. The fourth-order valence-electron chi connectivity index (χ4n) is 2.42. The van der Waals surface area contributed by atoms with E-state index in [2.05, 4.69) is 88.4 Å². The van der Waals surface area contributed by atoms with Crippen LogP contribution in [0.4, 0.5) is 0 Å². The Morgan fingerprint density at radius 2 is 1.85 bits per heavy atom. The lowest BCUT2D eigenvalue weighted by Gasteiger charge is -2.07. The zero-order valence-electron chi connectivity index (χ0n) is 15.1. The lowest BCUT2D eigenvalue weighted by atomic mass is 10.1. The van der Waals surface area contributed by atoms with Crippen LogP contribution in [0.2, 0.25) is 0 Å². The number of hydrogen-bond acceptors (Lipinski definition) is 4. The minimum Gasteiger partial charge on any atom is -0.191 e. The van der Waals surface area contributed by atoms with Gasteiger partial charge in [0.25, 0.3) is 0 Å². The molecule has 134 valence electrons. The second-order valence-electron chi connectivity index (χ2n) is 6.32. The summed E-state index contributed by atoms with van der Waals surface area (Å²) >= 11 is 5.11. The second kappa shape index (κ2) is 8.64. The van der Waals surface area contributed by atoms with Gasteiger partial charge in [-0.3, -0.25) is 0 Å². The van der Waals surface area contributed by atoms with E-state index >= 15 is 0 Å². The first-order chi connectivity index (χ1) is 12.5. The number of aromatic nitrogens is 3. The number of hydrogen-bond donors (Lipinski definition) is 0. The Morgan fingerprint density at radius 3 is 2.54 bits per heavy atom. The summed E-state index contributed by atoms with van der Waals surface area (Å²) in [4.78, 5) is 0. The summed E-state index contributed by atoms with van der Waals surface area (Å²) in [7, 11) is 0. The highest BCUT2D eigenvalue weighted by Crippen LogP contribution is 2.25. The minimum absolute atomic E-state index is 0.249. The van der Waals surface area contributed by atoms with Crippen LogP contribution >= 0.6 is 27.7 Å². The molecule has 0 atom stereocenters. The summed E-state index contributed by atoms with van der Waals surface area (Å²) < 4.78 is 2.94. The van der Waals surface area contributed by atoms with Gasteiger partial charge in [-0.25, -0.2) is 0 Å². The molecule has 0 bridgehead atoms. The number of thioether (sulfide) groups is 1. The third-order valence-electron chi connectivity index (χ3n) is 3.93. The van der Waals surface area contributed by atoms with Gasteiger partial charge >= 0.3 is 0 Å². The van der Waals surface area contributed by atoms with Crippen molar-refractivity contribution in [1.82, 2.24) is 14.9 Å². The van der Waals surface area contributed by atoms with E-state index in [1.807, 2.05) is 23.0 Å². The topological polar surface area (TPSA) is 43.1 Å². The van der Waals surface area contributed by atoms with Crippen molar-refractivity contribution in [2.75, 3.05) is 0 Å². The van der Waals surface area contributed by atoms with Crippen molar-refractivity contribution in [3.8, 4) is 0 Å². The van der Waals surface area contributed by atoms with Crippen LogP contribution in [-0.2, 0) is 5.75 Å². The van der Waals surface area contributed by atoms with Crippen molar-refractivity contribution in [3.63, 3.8) is 0 Å². The van der Waals surface area contributed by atoms with E-state index in [0.29, 0.717) is 0 Å². The summed E-state index contributed by atoms with van der Waals surface area (Å²) in [6.07, 6.45) is 1.88. The predicted octanol–water partition coefficient (Wildman–Crippen LogP) is 5.65. The molecule has 6 heteroatoms. The standard InChI is InChI=1S/C20H21BrN4S/c1-14(2)19-23-24-20(26-13-16-8-10-18(21)11-9-16)25(19)22-12-17-7-5-4-6-15(17)3/h4-12,14H,13H2,1-3H3/b22-12+. The monoisotopic (exact) mass is 428 g/mol. The maximum Gasteiger partial charge on any atom is 0.212 e. The molecule has 0 unspecified atom stereocenters. The highest BCUT2D eigenvalue weighted by molar-refractivity contribution is 9.10. The van der Waals surface area contributed by atoms with Crippen LogP contribution < -0.4 is 0 Å². The van der Waals surface area contributed by atoms with Crippen LogP contribution in [0.5, 0.6) is 0 Å². The maximum absolute atomic E-state index is 4.68. The highest BCUT2D eigenvalue weighted by Gasteiger charge is 2.15. The van der Waals surface area contributed by atoms with Crippen LogP contribution in [0.15, 0.2) is 63.3 Å². The Bertz CT molecular complexity index is 900. The number of nitrogens with zero attached hydrogens (tertiary/aromatic N) is 4. The van der Waals surface area contributed by atoms with Gasteiger partial charge in [-0.15, -0.1) is 10.2 Å². The Morgan fingerprint density at radius 1 is 1.12 bits per heavy atom. The fourth-order valence-corrected chi connectivity index (χ4v) is 3.53. The summed E-state index contributed by atoms with van der Waals surface area (Å²) in [5, 5.41) is 14.2. The van der Waals surface area contributed by atoms with E-state index in [1.165, 1.54) is 11.1 Å². The van der Waals surface area contributed by atoms with Crippen LogP contribution in [0, 0.1) is 6.92 Å². The van der Waals surface area contributed by atoms with Gasteiger partial charge in [-0.1, -0.05) is 77.9 Å². The van der Waals surface area contributed by atoms with Crippen LogP contribution in [0.25, 0.3) is 0 Å². The quantitative estimate of drug-likeness (QED) is 0.376. The van der Waals surface area contributed by atoms with Crippen molar-refractivity contribution in [3.05, 3.63) is 75.5 Å². The fraction of sp³-hybridized carbons (Fsp3) is 0.250. The molecule has 1 heterocycles. The average molecular weight is 429 g/mol. The molecule has 3 aromatic rings. The van der Waals surface area contributed by atoms with E-state index in [-0.39, 0.29) is 5.92 Å². The van der Waals surface area contributed by atoms with Crippen molar-refractivity contribution in [1.29, 1.82) is 0 Å². The Hall–Kier alpha value is -1.92. The first-order valence-electron chi connectivity index (χ1n) is 8.47. The molecular weight excluding hydrogens is 408 g/mol. The van der Waals surface area contributed by atoms with E-state index in [4.69, 9.17) is 0 Å². The number of aryl methyl sites for hydroxylation is 1. The van der Waals surface area contributed by atoms with E-state index in [9.17, 15) is 0 Å². The smallest absolute Gasteiger partial charge is 0.191 e. The second-order valence-corrected chi connectivity index (χ2v) is 8.18. The van der Waals surface area contributed by atoms with Gasteiger partial charge in [-0.05, 0) is 35.7 Å². The molecule has 0 radical (unpaired) electrons. The zero-order valence-corrected chi connectivity index (χ0v) is 17.5. The Balaban J connectivity index is 1.84. The molecule has 1 aromatic heterocycles. The summed E-state index contributed by atoms with van der Waals surface area (Å²) in [5.74, 6) is 1.94. The zero-order chi connectivity index (χ0) is 18.5. The normalized spacial score (nSPS) is 11.6. The van der Waals surface area contributed by atoms with E-state index < -0.39 is 0 Å². The molecule has 0 amide bonds. The molecule has 0 saturated heterocycles. The van der Waals surface area contributed by atoms with Gasteiger partial charge in [0.05, 0.1) is 6.21 Å². The molecule has 3 rings (SSSR count). The number of rotatable bonds is 6. The lowest BCUT2D eigenvalue weighted by molar-refractivity contribution is 0.667. The van der Waals surface area contributed by atoms with Gasteiger partial charge in [0.15, 0.2) is 5.82 Å². The molecular formula is C20H21BrN4S. The number of halogens is 1. The van der Waals surface area contributed by atoms with E-state index in [1.54, 1.807) is 11.8 Å².